The first-order chi connectivity index (χ1) is 6.68. The zero-order valence-corrected chi connectivity index (χ0v) is 7.74. The number of nitrogens with zero attached hydrogens (tertiary/aromatic N) is 1. The van der Waals surface area contributed by atoms with Crippen molar-refractivity contribution in [2.24, 2.45) is 0 Å². The molecule has 0 aliphatic heterocycles. The fourth-order valence-corrected chi connectivity index (χ4v) is 1.14. The molecule has 1 aromatic rings. The second kappa shape index (κ2) is 5.32. The van der Waals surface area contributed by atoms with Crippen LogP contribution in [0.15, 0.2) is 18.3 Å². The molecule has 0 spiro atoms. The van der Waals surface area contributed by atoms with Gasteiger partial charge in [-0.2, -0.15) is 0 Å². The van der Waals surface area contributed by atoms with E-state index in [9.17, 15) is 9.18 Å². The van der Waals surface area contributed by atoms with Crippen LogP contribution in [-0.4, -0.2) is 16.1 Å². The first-order valence-electron chi connectivity index (χ1n) is 4.50. The molecule has 14 heavy (non-hydrogen) atoms. The predicted octanol–water partition coefficient (Wildman–Crippen LogP) is 2.02. The molecule has 1 aromatic heterocycles. The highest BCUT2D eigenvalue weighted by molar-refractivity contribution is 5.66. The van der Waals surface area contributed by atoms with Gasteiger partial charge in [0.2, 0.25) is 0 Å². The van der Waals surface area contributed by atoms with Crippen molar-refractivity contribution in [1.29, 1.82) is 0 Å². The fourth-order valence-electron chi connectivity index (χ4n) is 1.14. The van der Waals surface area contributed by atoms with Crippen LogP contribution < -0.4 is 0 Å². The Labute approximate surface area is 81.6 Å². The number of rotatable bonds is 5. The van der Waals surface area contributed by atoms with Gasteiger partial charge in [-0.25, -0.2) is 4.39 Å². The number of carbonyl (C=O) groups is 1. The van der Waals surface area contributed by atoms with Gasteiger partial charge in [0.25, 0.3) is 0 Å². The van der Waals surface area contributed by atoms with Crippen LogP contribution in [0, 0.1) is 5.82 Å². The molecule has 0 aliphatic carbocycles. The number of carboxylic acids is 1. The largest absolute Gasteiger partial charge is 0.481 e. The van der Waals surface area contributed by atoms with Crippen LogP contribution in [-0.2, 0) is 11.2 Å². The van der Waals surface area contributed by atoms with E-state index in [0.717, 1.165) is 12.1 Å². The summed E-state index contributed by atoms with van der Waals surface area (Å²) in [5.41, 5.74) is 0.803. The molecular formula is C10H12FNO2. The standard InChI is InChI=1S/C10H12FNO2/c11-8-5-6-9(12-7-8)3-1-2-4-10(13)14/h5-7H,1-4H2,(H,13,14). The number of pyridine rings is 1. The summed E-state index contributed by atoms with van der Waals surface area (Å²) in [6.45, 7) is 0. The lowest BCUT2D eigenvalue weighted by Crippen LogP contribution is -1.96. The van der Waals surface area contributed by atoms with E-state index in [2.05, 4.69) is 4.98 Å². The minimum Gasteiger partial charge on any atom is -0.481 e. The molecule has 0 unspecified atom stereocenters. The van der Waals surface area contributed by atoms with Crippen LogP contribution >= 0.6 is 0 Å². The summed E-state index contributed by atoms with van der Waals surface area (Å²) in [6, 6.07) is 2.98. The van der Waals surface area contributed by atoms with Gasteiger partial charge in [0.05, 0.1) is 6.20 Å². The molecule has 0 fully saturated rings. The molecule has 1 heterocycles. The molecule has 3 nitrogen and oxygen atoms in total. The van der Waals surface area contributed by atoms with Crippen molar-refractivity contribution >= 4 is 5.97 Å². The van der Waals surface area contributed by atoms with Crippen molar-refractivity contribution in [3.05, 3.63) is 29.8 Å². The maximum Gasteiger partial charge on any atom is 0.303 e. The lowest BCUT2D eigenvalue weighted by Gasteiger charge is -1.98. The molecule has 1 N–H and O–H groups in total. The Hall–Kier alpha value is -1.45. The summed E-state index contributed by atoms with van der Waals surface area (Å²) < 4.78 is 12.4. The van der Waals surface area contributed by atoms with Crippen molar-refractivity contribution in [3.63, 3.8) is 0 Å². The van der Waals surface area contributed by atoms with Gasteiger partial charge in [-0.15, -0.1) is 0 Å². The number of unbranched alkanes of at least 4 members (excludes halogenated alkanes) is 1. The maximum absolute atomic E-state index is 12.4. The molecule has 0 radical (unpaired) electrons. The van der Waals surface area contributed by atoms with E-state index in [1.807, 2.05) is 0 Å². The van der Waals surface area contributed by atoms with Crippen molar-refractivity contribution in [3.8, 4) is 0 Å². The molecule has 0 amide bonds. The highest BCUT2D eigenvalue weighted by atomic mass is 19.1. The Morgan fingerprint density at radius 2 is 2.21 bits per heavy atom. The third-order valence-corrected chi connectivity index (χ3v) is 1.86. The number of hydrogen-bond acceptors (Lipinski definition) is 2. The van der Waals surface area contributed by atoms with Gasteiger partial charge in [-0.3, -0.25) is 9.78 Å². The predicted molar refractivity (Wildman–Crippen MR) is 49.4 cm³/mol. The molecule has 0 saturated heterocycles. The van der Waals surface area contributed by atoms with Gasteiger partial charge in [-0.1, -0.05) is 0 Å². The van der Waals surface area contributed by atoms with Gasteiger partial charge in [0.1, 0.15) is 5.82 Å². The van der Waals surface area contributed by atoms with Crippen LogP contribution in [0.3, 0.4) is 0 Å². The van der Waals surface area contributed by atoms with Gasteiger partial charge >= 0.3 is 5.97 Å². The fraction of sp³-hybridized carbons (Fsp3) is 0.400. The number of aliphatic carboxylic acids is 1. The second-order valence-corrected chi connectivity index (χ2v) is 3.07. The van der Waals surface area contributed by atoms with E-state index in [-0.39, 0.29) is 12.2 Å². The Bertz CT molecular complexity index is 297. The Morgan fingerprint density at radius 3 is 2.79 bits per heavy atom. The Morgan fingerprint density at radius 1 is 1.43 bits per heavy atom. The van der Waals surface area contributed by atoms with Gasteiger partial charge < -0.3 is 5.11 Å². The zero-order valence-electron chi connectivity index (χ0n) is 7.74. The van der Waals surface area contributed by atoms with Crippen molar-refractivity contribution < 1.29 is 14.3 Å². The number of carboxylic acid groups (broad SMARTS) is 1. The summed E-state index contributed by atoms with van der Waals surface area (Å²) in [5.74, 6) is -1.13. The summed E-state index contributed by atoms with van der Waals surface area (Å²) in [6.07, 6.45) is 3.46. The molecule has 0 saturated carbocycles. The summed E-state index contributed by atoms with van der Waals surface area (Å²) >= 11 is 0. The molecule has 0 atom stereocenters. The molecule has 4 heteroatoms. The maximum atomic E-state index is 12.4. The van der Waals surface area contributed by atoms with E-state index in [1.54, 1.807) is 6.07 Å². The molecule has 0 bridgehead atoms. The first-order valence-corrected chi connectivity index (χ1v) is 4.50. The first kappa shape index (κ1) is 10.6. The lowest BCUT2D eigenvalue weighted by molar-refractivity contribution is -0.137. The topological polar surface area (TPSA) is 50.2 Å². The molecule has 0 aliphatic rings. The smallest absolute Gasteiger partial charge is 0.303 e. The van der Waals surface area contributed by atoms with E-state index >= 15 is 0 Å². The Kier molecular flexibility index (Phi) is 4.04. The molecular weight excluding hydrogens is 185 g/mol. The van der Waals surface area contributed by atoms with E-state index in [1.165, 1.54) is 12.3 Å². The normalized spacial score (nSPS) is 10.1. The highest BCUT2D eigenvalue weighted by Gasteiger charge is 1.98. The van der Waals surface area contributed by atoms with Gasteiger partial charge in [0.15, 0.2) is 0 Å². The van der Waals surface area contributed by atoms with E-state index < -0.39 is 5.97 Å². The molecule has 0 aromatic carbocycles. The average molecular weight is 197 g/mol. The number of aryl methyl sites for hydroxylation is 1. The van der Waals surface area contributed by atoms with Crippen LogP contribution in [0.25, 0.3) is 0 Å². The number of halogens is 1. The van der Waals surface area contributed by atoms with E-state index in [0.29, 0.717) is 12.8 Å². The number of hydrogen-bond donors (Lipinski definition) is 1. The summed E-state index contributed by atoms with van der Waals surface area (Å²) in [5, 5.41) is 8.38. The second-order valence-electron chi connectivity index (χ2n) is 3.07. The molecule has 76 valence electrons. The van der Waals surface area contributed by atoms with Crippen LogP contribution in [0.4, 0.5) is 4.39 Å². The lowest BCUT2D eigenvalue weighted by atomic mass is 10.1. The van der Waals surface area contributed by atoms with Gasteiger partial charge in [0, 0.05) is 12.1 Å². The van der Waals surface area contributed by atoms with E-state index in [4.69, 9.17) is 5.11 Å². The van der Waals surface area contributed by atoms with Crippen molar-refractivity contribution in [1.82, 2.24) is 4.98 Å². The third-order valence-electron chi connectivity index (χ3n) is 1.86. The third kappa shape index (κ3) is 3.98. The SMILES string of the molecule is O=C(O)CCCCc1ccc(F)cn1. The quantitative estimate of drug-likeness (QED) is 0.734. The minimum atomic E-state index is -0.780. The van der Waals surface area contributed by atoms with Gasteiger partial charge in [-0.05, 0) is 31.4 Å². The van der Waals surface area contributed by atoms with Crippen LogP contribution in [0.2, 0.25) is 0 Å². The van der Waals surface area contributed by atoms with Crippen LogP contribution in [0.5, 0.6) is 0 Å². The monoisotopic (exact) mass is 197 g/mol. The van der Waals surface area contributed by atoms with Crippen molar-refractivity contribution in [2.75, 3.05) is 0 Å². The van der Waals surface area contributed by atoms with Crippen LogP contribution in [0.1, 0.15) is 25.0 Å². The zero-order chi connectivity index (χ0) is 10.4. The van der Waals surface area contributed by atoms with Crippen molar-refractivity contribution in [2.45, 2.75) is 25.7 Å². The minimum absolute atomic E-state index is 0.182. The summed E-state index contributed by atoms with van der Waals surface area (Å²) in [7, 11) is 0. The Balaban J connectivity index is 2.25. The number of aromatic nitrogens is 1. The molecule has 1 rings (SSSR count). The average Bonchev–Trinajstić information content (AvgIpc) is 2.15. The summed E-state index contributed by atoms with van der Waals surface area (Å²) in [4.78, 5) is 14.1. The highest BCUT2D eigenvalue weighted by Crippen LogP contribution is 2.04.